The van der Waals surface area contributed by atoms with Gasteiger partial charge in [0.2, 0.25) is 0 Å². The number of carbonyl (C=O) groups excluding carboxylic acids is 2. The summed E-state index contributed by atoms with van der Waals surface area (Å²) in [4.78, 5) is 25.0. The fourth-order valence-corrected chi connectivity index (χ4v) is 2.56. The van der Waals surface area contributed by atoms with E-state index in [1.165, 1.54) is 18.2 Å². The van der Waals surface area contributed by atoms with Crippen LogP contribution in [0.3, 0.4) is 0 Å². The predicted molar refractivity (Wildman–Crippen MR) is 100 cm³/mol. The minimum absolute atomic E-state index is 0.229. The summed E-state index contributed by atoms with van der Waals surface area (Å²) in [6.07, 6.45) is -3.97. The first-order chi connectivity index (χ1) is 13.2. The lowest BCUT2D eigenvalue weighted by atomic mass is 9.98. The molecule has 0 spiro atoms. The highest BCUT2D eigenvalue weighted by Gasteiger charge is 2.33. The Kier molecular flexibility index (Phi) is 7.03. The Bertz CT molecular complexity index is 810. The molecule has 0 aliphatic carbocycles. The fraction of sp³-hybridized carbons (Fsp3) is 0.300. The van der Waals surface area contributed by atoms with Crippen LogP contribution in [0.1, 0.15) is 36.2 Å². The first-order valence-electron chi connectivity index (χ1n) is 8.82. The molecule has 0 aliphatic heterocycles. The average molecular weight is 393 g/mol. The van der Waals surface area contributed by atoms with Crippen molar-refractivity contribution in [2.24, 2.45) is 5.92 Å². The second kappa shape index (κ2) is 9.25. The lowest BCUT2D eigenvalue weighted by Gasteiger charge is -2.24. The second-order valence-electron chi connectivity index (χ2n) is 6.36. The van der Waals surface area contributed by atoms with Gasteiger partial charge in [-0.05, 0) is 30.2 Å². The van der Waals surface area contributed by atoms with E-state index in [4.69, 9.17) is 0 Å². The zero-order valence-electron chi connectivity index (χ0n) is 15.5. The molecule has 2 aromatic carbocycles. The second-order valence-corrected chi connectivity index (χ2v) is 6.36. The van der Waals surface area contributed by atoms with Crippen LogP contribution in [0.4, 0.5) is 18.9 Å². The molecule has 5 nitrogen and oxygen atoms in total. The van der Waals surface area contributed by atoms with Crippen LogP contribution >= 0.6 is 0 Å². The number of hydrazine groups is 1. The molecule has 28 heavy (non-hydrogen) atoms. The van der Waals surface area contributed by atoms with Gasteiger partial charge >= 0.3 is 6.18 Å². The first-order valence-corrected chi connectivity index (χ1v) is 8.82. The molecule has 0 fully saturated rings. The summed E-state index contributed by atoms with van der Waals surface area (Å²) in [6.45, 7) is 3.63. The van der Waals surface area contributed by atoms with Crippen LogP contribution in [0.25, 0.3) is 0 Å². The molecule has 8 heteroatoms. The lowest BCUT2D eigenvalue weighted by molar-refractivity contribution is -0.137. The van der Waals surface area contributed by atoms with Crippen LogP contribution in [0.5, 0.6) is 0 Å². The molecule has 0 saturated carbocycles. The number of nitrogens with one attached hydrogen (secondary N) is 3. The van der Waals surface area contributed by atoms with Gasteiger partial charge in [0, 0.05) is 5.56 Å². The van der Waals surface area contributed by atoms with Gasteiger partial charge < -0.3 is 5.32 Å². The molecule has 0 radical (unpaired) electrons. The number of anilines is 1. The molecule has 2 rings (SSSR count). The first kappa shape index (κ1) is 21.3. The zero-order valence-corrected chi connectivity index (χ0v) is 15.5. The molecule has 150 valence electrons. The maximum atomic E-state index is 13.1. The van der Waals surface area contributed by atoms with E-state index in [0.717, 1.165) is 6.07 Å². The summed E-state index contributed by atoms with van der Waals surface area (Å²) < 4.78 is 39.2. The summed E-state index contributed by atoms with van der Waals surface area (Å²) in [5, 5.41) is 2.65. The average Bonchev–Trinajstić information content (AvgIpc) is 2.69. The normalized spacial score (nSPS) is 13.3. The highest BCUT2D eigenvalue weighted by Crippen LogP contribution is 2.34. The molecule has 0 heterocycles. The molecule has 0 saturated heterocycles. The van der Waals surface area contributed by atoms with Gasteiger partial charge in [0.05, 0.1) is 11.3 Å². The van der Waals surface area contributed by atoms with Crippen molar-refractivity contribution in [3.63, 3.8) is 0 Å². The van der Waals surface area contributed by atoms with Crippen LogP contribution in [0.2, 0.25) is 0 Å². The van der Waals surface area contributed by atoms with Crippen molar-refractivity contribution in [1.29, 1.82) is 0 Å². The molecule has 2 atom stereocenters. The van der Waals surface area contributed by atoms with E-state index >= 15 is 0 Å². The van der Waals surface area contributed by atoms with Crippen molar-refractivity contribution < 1.29 is 22.8 Å². The summed E-state index contributed by atoms with van der Waals surface area (Å²) in [5.74, 6) is -1.29. The van der Waals surface area contributed by atoms with Crippen molar-refractivity contribution in [3.05, 3.63) is 65.7 Å². The van der Waals surface area contributed by atoms with Crippen LogP contribution in [0, 0.1) is 5.92 Å². The Hall–Kier alpha value is -3.03. The SMILES string of the molecule is CCC(C)C(NC(=O)c1ccccc1)C(=O)NNc1ccccc1C(F)(F)F. The number of halogens is 3. The van der Waals surface area contributed by atoms with Crippen LogP contribution in [0.15, 0.2) is 54.6 Å². The van der Waals surface area contributed by atoms with Gasteiger partial charge in [-0.3, -0.25) is 20.4 Å². The summed E-state index contributed by atoms with van der Waals surface area (Å²) in [5.41, 5.74) is 3.81. The highest BCUT2D eigenvalue weighted by atomic mass is 19.4. The van der Waals surface area contributed by atoms with Crippen molar-refractivity contribution in [3.8, 4) is 0 Å². The Morgan fingerprint density at radius 1 is 1.00 bits per heavy atom. The van der Waals surface area contributed by atoms with E-state index in [1.54, 1.807) is 37.3 Å². The van der Waals surface area contributed by atoms with Crippen LogP contribution in [-0.2, 0) is 11.0 Å². The van der Waals surface area contributed by atoms with E-state index in [1.807, 2.05) is 6.92 Å². The Morgan fingerprint density at radius 2 is 1.61 bits per heavy atom. The maximum Gasteiger partial charge on any atom is 0.418 e. The van der Waals surface area contributed by atoms with E-state index in [0.29, 0.717) is 12.0 Å². The van der Waals surface area contributed by atoms with Gasteiger partial charge in [-0.15, -0.1) is 0 Å². The van der Waals surface area contributed by atoms with Gasteiger partial charge in [0.25, 0.3) is 11.8 Å². The molecular formula is C20H22F3N3O2. The quantitative estimate of drug-likeness (QED) is 0.623. The Labute approximate surface area is 161 Å². The van der Waals surface area contributed by atoms with E-state index in [-0.39, 0.29) is 11.6 Å². The van der Waals surface area contributed by atoms with Crippen LogP contribution in [-0.4, -0.2) is 17.9 Å². The Balaban J connectivity index is 2.11. The number of rotatable bonds is 7. The molecule has 2 unspecified atom stereocenters. The molecule has 2 amide bonds. The summed E-state index contributed by atoms with van der Waals surface area (Å²) >= 11 is 0. The fourth-order valence-electron chi connectivity index (χ4n) is 2.56. The minimum Gasteiger partial charge on any atom is -0.340 e. The van der Waals surface area contributed by atoms with Crippen molar-refractivity contribution in [1.82, 2.24) is 10.7 Å². The number of benzene rings is 2. The van der Waals surface area contributed by atoms with Gasteiger partial charge in [-0.25, -0.2) is 0 Å². The molecule has 3 N–H and O–H groups in total. The molecule has 0 aliphatic rings. The number of hydrogen-bond acceptors (Lipinski definition) is 3. The topological polar surface area (TPSA) is 70.2 Å². The smallest absolute Gasteiger partial charge is 0.340 e. The van der Waals surface area contributed by atoms with Gasteiger partial charge in [0.15, 0.2) is 0 Å². The van der Waals surface area contributed by atoms with Gasteiger partial charge in [0.1, 0.15) is 6.04 Å². The zero-order chi connectivity index (χ0) is 20.7. The van der Waals surface area contributed by atoms with Gasteiger partial charge in [-0.2, -0.15) is 13.2 Å². The monoisotopic (exact) mass is 393 g/mol. The van der Waals surface area contributed by atoms with Crippen molar-refractivity contribution in [2.45, 2.75) is 32.5 Å². The lowest BCUT2D eigenvalue weighted by Crippen LogP contribution is -2.51. The molecule has 0 aromatic heterocycles. The third-order valence-electron chi connectivity index (χ3n) is 4.37. The largest absolute Gasteiger partial charge is 0.418 e. The summed E-state index contributed by atoms with van der Waals surface area (Å²) in [6, 6.07) is 12.3. The van der Waals surface area contributed by atoms with Crippen LogP contribution < -0.4 is 16.2 Å². The van der Waals surface area contributed by atoms with E-state index < -0.39 is 29.6 Å². The summed E-state index contributed by atoms with van der Waals surface area (Å²) in [7, 11) is 0. The Morgan fingerprint density at radius 3 is 2.21 bits per heavy atom. The molecule has 2 aromatic rings. The minimum atomic E-state index is -4.56. The number of amides is 2. The number of hydrogen-bond donors (Lipinski definition) is 3. The van der Waals surface area contributed by atoms with Gasteiger partial charge in [-0.1, -0.05) is 50.6 Å². The predicted octanol–water partition coefficient (Wildman–Crippen LogP) is 3.99. The third kappa shape index (κ3) is 5.48. The van der Waals surface area contributed by atoms with E-state index in [9.17, 15) is 22.8 Å². The number of carbonyl (C=O) groups is 2. The van der Waals surface area contributed by atoms with Crippen molar-refractivity contribution >= 4 is 17.5 Å². The third-order valence-corrected chi connectivity index (χ3v) is 4.37. The van der Waals surface area contributed by atoms with Crippen molar-refractivity contribution in [2.75, 3.05) is 5.43 Å². The standard InChI is InChI=1S/C20H22F3N3O2/c1-3-13(2)17(24-18(27)14-9-5-4-6-10-14)19(28)26-25-16-12-8-7-11-15(16)20(21,22)23/h4-13,17,25H,3H2,1-2H3,(H,24,27)(H,26,28). The highest BCUT2D eigenvalue weighted by molar-refractivity contribution is 5.97. The molecule has 0 bridgehead atoms. The maximum absolute atomic E-state index is 13.1. The number of para-hydroxylation sites is 1. The van der Waals surface area contributed by atoms with E-state index in [2.05, 4.69) is 16.2 Å². The number of alkyl halides is 3. The molecular weight excluding hydrogens is 371 g/mol.